The molecule has 1 amide bonds. The number of fused-ring (bicyclic) bond motifs is 1. The van der Waals surface area contributed by atoms with E-state index < -0.39 is 22.2 Å². The lowest BCUT2D eigenvalue weighted by Gasteiger charge is -2.38. The Kier molecular flexibility index (Phi) is 9.31. The van der Waals surface area contributed by atoms with Crippen LogP contribution in [0.4, 0.5) is 5.69 Å². The van der Waals surface area contributed by atoms with Gasteiger partial charge in [0.05, 0.1) is 40.3 Å². The van der Waals surface area contributed by atoms with E-state index in [1.165, 1.54) is 17.1 Å². The van der Waals surface area contributed by atoms with Crippen molar-refractivity contribution in [3.63, 3.8) is 0 Å². The van der Waals surface area contributed by atoms with Crippen LogP contribution in [0.25, 0.3) is 0 Å². The van der Waals surface area contributed by atoms with E-state index >= 15 is 0 Å². The zero-order valence-corrected chi connectivity index (χ0v) is 25.0. The first-order valence-electron chi connectivity index (χ1n) is 12.7. The smallest absolute Gasteiger partial charge is 0.281 e. The summed E-state index contributed by atoms with van der Waals surface area (Å²) in [7, 11) is -0.454. The number of sulfonamides is 1. The SMILES string of the molecule is C[C@H](CO)N1C[C@H](C)[C@H](CN(C)Cc2ccc(Cl)c(Cl)c2)Oc2c(NS(=O)(=O)c3cn(C)cn3)cccc2C1=O. The lowest BCUT2D eigenvalue weighted by molar-refractivity contribution is 0.0344. The van der Waals surface area contributed by atoms with Crippen molar-refractivity contribution < 1.29 is 23.1 Å². The van der Waals surface area contributed by atoms with E-state index in [-0.39, 0.29) is 40.5 Å². The Labute approximate surface area is 244 Å². The minimum absolute atomic E-state index is 0.124. The van der Waals surface area contributed by atoms with Crippen LogP contribution in [0.1, 0.15) is 29.8 Å². The van der Waals surface area contributed by atoms with E-state index in [0.29, 0.717) is 29.7 Å². The summed E-state index contributed by atoms with van der Waals surface area (Å²) in [6.45, 7) is 4.87. The number of carbonyl (C=O) groups excluding carboxylic acids is 1. The maximum atomic E-state index is 13.7. The van der Waals surface area contributed by atoms with E-state index in [9.17, 15) is 18.3 Å². The number of halogens is 2. The number of anilines is 1. The van der Waals surface area contributed by atoms with Gasteiger partial charge in [0.1, 0.15) is 6.10 Å². The van der Waals surface area contributed by atoms with E-state index in [0.717, 1.165) is 5.56 Å². The van der Waals surface area contributed by atoms with Crippen molar-refractivity contribution in [1.29, 1.82) is 0 Å². The number of ether oxygens (including phenoxy) is 1. The predicted octanol–water partition coefficient (Wildman–Crippen LogP) is 3.88. The summed E-state index contributed by atoms with van der Waals surface area (Å²) in [6.07, 6.45) is 2.34. The zero-order chi connectivity index (χ0) is 29.2. The molecule has 1 aliphatic heterocycles. The van der Waals surface area contributed by atoms with Crippen LogP contribution >= 0.6 is 23.2 Å². The summed E-state index contributed by atoms with van der Waals surface area (Å²) in [5.74, 6) is -0.394. The lowest BCUT2D eigenvalue weighted by Crippen LogP contribution is -2.49. The third-order valence-electron chi connectivity index (χ3n) is 6.82. The number of aryl methyl sites for hydroxylation is 1. The van der Waals surface area contributed by atoms with Crippen LogP contribution in [-0.4, -0.2) is 77.7 Å². The molecule has 0 aliphatic carbocycles. The second-order valence-corrected chi connectivity index (χ2v) is 12.7. The van der Waals surface area contributed by atoms with Gasteiger partial charge in [0, 0.05) is 38.8 Å². The molecule has 3 atom stereocenters. The first-order valence-corrected chi connectivity index (χ1v) is 15.0. The second-order valence-electron chi connectivity index (χ2n) is 10.2. The predicted molar refractivity (Wildman–Crippen MR) is 154 cm³/mol. The van der Waals surface area contributed by atoms with Crippen LogP contribution in [0.2, 0.25) is 10.0 Å². The average molecular weight is 611 g/mol. The van der Waals surface area contributed by atoms with Gasteiger partial charge in [-0.2, -0.15) is 8.42 Å². The number of hydrogen-bond donors (Lipinski definition) is 2. The van der Waals surface area contributed by atoms with Gasteiger partial charge >= 0.3 is 0 Å². The number of imidazole rings is 1. The highest BCUT2D eigenvalue weighted by atomic mass is 35.5. The minimum atomic E-state index is -4.06. The molecule has 0 radical (unpaired) electrons. The number of aromatic nitrogens is 2. The van der Waals surface area contributed by atoms with Crippen molar-refractivity contribution >= 4 is 44.8 Å². The fraction of sp³-hybridized carbons (Fsp3) is 0.407. The Hall–Kier alpha value is -2.83. The maximum absolute atomic E-state index is 13.7. The Morgan fingerprint density at radius 2 is 2.00 bits per heavy atom. The van der Waals surface area contributed by atoms with Gasteiger partial charge in [-0.05, 0) is 43.8 Å². The molecule has 3 aromatic rings. The molecule has 216 valence electrons. The number of carbonyl (C=O) groups is 1. The molecule has 2 N–H and O–H groups in total. The average Bonchev–Trinajstić information content (AvgIpc) is 3.35. The third-order valence-corrected chi connectivity index (χ3v) is 8.81. The molecule has 2 heterocycles. The van der Waals surface area contributed by atoms with Crippen LogP contribution in [0, 0.1) is 5.92 Å². The molecular formula is C27H33Cl2N5O5S. The highest BCUT2D eigenvalue weighted by molar-refractivity contribution is 7.92. The van der Waals surface area contributed by atoms with Gasteiger partial charge in [0.2, 0.25) is 0 Å². The molecule has 4 rings (SSSR count). The molecule has 0 bridgehead atoms. The Morgan fingerprint density at radius 3 is 2.65 bits per heavy atom. The molecule has 2 aromatic carbocycles. The maximum Gasteiger partial charge on any atom is 0.281 e. The first-order chi connectivity index (χ1) is 18.9. The number of rotatable bonds is 9. The monoisotopic (exact) mass is 609 g/mol. The molecule has 0 saturated heterocycles. The molecule has 1 aromatic heterocycles. The largest absolute Gasteiger partial charge is 0.486 e. The van der Waals surface area contributed by atoms with Crippen LogP contribution < -0.4 is 9.46 Å². The van der Waals surface area contributed by atoms with E-state index in [2.05, 4.69) is 14.6 Å². The topological polar surface area (TPSA) is 117 Å². The number of hydrogen-bond acceptors (Lipinski definition) is 7. The zero-order valence-electron chi connectivity index (χ0n) is 22.7. The van der Waals surface area contributed by atoms with E-state index in [1.807, 2.05) is 26.1 Å². The quantitative estimate of drug-likeness (QED) is 0.378. The lowest BCUT2D eigenvalue weighted by atomic mass is 9.99. The van der Waals surface area contributed by atoms with Crippen molar-refractivity contribution in [2.45, 2.75) is 37.6 Å². The fourth-order valence-corrected chi connectivity index (χ4v) is 5.95. The van der Waals surface area contributed by atoms with Gasteiger partial charge in [-0.3, -0.25) is 14.4 Å². The number of benzene rings is 2. The number of nitrogens with one attached hydrogen (secondary N) is 1. The van der Waals surface area contributed by atoms with Gasteiger partial charge in [-0.15, -0.1) is 0 Å². The number of aliphatic hydroxyl groups is 1. The molecule has 0 fully saturated rings. The van der Waals surface area contributed by atoms with Crippen LogP contribution in [-0.2, 0) is 23.6 Å². The van der Waals surface area contributed by atoms with Gasteiger partial charge < -0.3 is 19.3 Å². The highest BCUT2D eigenvalue weighted by Gasteiger charge is 2.35. The number of para-hydroxylation sites is 1. The molecule has 0 saturated carbocycles. The van der Waals surface area contributed by atoms with Crippen molar-refractivity contribution in [2.24, 2.45) is 13.0 Å². The van der Waals surface area contributed by atoms with Gasteiger partial charge in [-0.25, -0.2) is 4.98 Å². The summed E-state index contributed by atoms with van der Waals surface area (Å²) in [5.41, 5.74) is 1.29. The minimum Gasteiger partial charge on any atom is -0.486 e. The number of aliphatic hydroxyl groups excluding tert-OH is 1. The summed E-state index contributed by atoms with van der Waals surface area (Å²) in [4.78, 5) is 21.3. The second kappa shape index (κ2) is 12.4. The molecule has 13 heteroatoms. The Balaban J connectivity index is 1.69. The van der Waals surface area contributed by atoms with Crippen LogP contribution in [0.3, 0.4) is 0 Å². The van der Waals surface area contributed by atoms with Crippen molar-refractivity contribution in [2.75, 3.05) is 31.5 Å². The van der Waals surface area contributed by atoms with Crippen molar-refractivity contribution in [3.05, 3.63) is 70.1 Å². The normalized spacial score (nSPS) is 18.6. The summed E-state index contributed by atoms with van der Waals surface area (Å²) < 4.78 is 36.8. The standard InChI is InChI=1S/C27H33Cl2N5O5S/c1-17-11-34(18(2)15-35)27(36)20-6-5-7-23(31-40(37,38)25-14-33(4)16-30-25)26(20)39-24(17)13-32(3)12-19-8-9-21(28)22(29)10-19/h5-10,14,16-18,24,31,35H,11-13,15H2,1-4H3/t17-,18+,24-/m0/s1. The van der Waals surface area contributed by atoms with E-state index in [4.69, 9.17) is 27.9 Å². The number of amides is 1. The van der Waals surface area contributed by atoms with Crippen LogP contribution in [0.5, 0.6) is 5.75 Å². The van der Waals surface area contributed by atoms with Gasteiger partial charge in [0.25, 0.3) is 15.9 Å². The first kappa shape index (κ1) is 30.1. The molecular weight excluding hydrogens is 577 g/mol. The number of likely N-dealkylation sites (N-methyl/N-ethyl adjacent to an activating group) is 1. The molecule has 1 aliphatic rings. The van der Waals surface area contributed by atoms with Gasteiger partial charge in [-0.1, -0.05) is 42.3 Å². The molecule has 10 nitrogen and oxygen atoms in total. The third kappa shape index (κ3) is 6.72. The van der Waals surface area contributed by atoms with Crippen molar-refractivity contribution in [1.82, 2.24) is 19.4 Å². The summed E-state index contributed by atoms with van der Waals surface area (Å²) in [6, 6.07) is 9.74. The molecule has 0 unspecified atom stereocenters. The highest BCUT2D eigenvalue weighted by Crippen LogP contribution is 2.36. The van der Waals surface area contributed by atoms with Gasteiger partial charge in [0.15, 0.2) is 10.8 Å². The van der Waals surface area contributed by atoms with Crippen LogP contribution in [0.15, 0.2) is 53.9 Å². The molecule has 40 heavy (non-hydrogen) atoms. The van der Waals surface area contributed by atoms with Crippen molar-refractivity contribution in [3.8, 4) is 5.75 Å². The summed E-state index contributed by atoms with van der Waals surface area (Å²) in [5, 5.41) is 10.7. The Morgan fingerprint density at radius 1 is 1.25 bits per heavy atom. The Bertz CT molecular complexity index is 1480. The summed E-state index contributed by atoms with van der Waals surface area (Å²) >= 11 is 12.3. The fourth-order valence-electron chi connectivity index (χ4n) is 4.59. The molecule has 0 spiro atoms. The van der Waals surface area contributed by atoms with E-state index in [1.54, 1.807) is 43.1 Å². The number of nitrogens with zero attached hydrogens (tertiary/aromatic N) is 4.